The third kappa shape index (κ3) is 3.32. The molecule has 2 aromatic heterocycles. The number of halogens is 1. The van der Waals surface area contributed by atoms with Gasteiger partial charge in [0.25, 0.3) is 5.91 Å². The molecule has 26 heavy (non-hydrogen) atoms. The van der Waals surface area contributed by atoms with Crippen LogP contribution in [0, 0.1) is 3.70 Å². The van der Waals surface area contributed by atoms with Gasteiger partial charge in [-0.2, -0.15) is 5.10 Å². The number of rotatable bonds is 4. The number of nitrogens with one attached hydrogen (secondary N) is 1. The lowest BCUT2D eigenvalue weighted by atomic mass is 10.1. The molecule has 0 saturated carbocycles. The Morgan fingerprint density at radius 1 is 0.962 bits per heavy atom. The van der Waals surface area contributed by atoms with Crippen molar-refractivity contribution in [3.05, 3.63) is 87.8 Å². The van der Waals surface area contributed by atoms with Gasteiger partial charge in [0.15, 0.2) is 5.65 Å². The molecule has 0 spiro atoms. The molecule has 0 fully saturated rings. The van der Waals surface area contributed by atoms with Crippen LogP contribution in [0.25, 0.3) is 16.9 Å². The Bertz CT molecular complexity index is 1060. The molecule has 0 radical (unpaired) electrons. The molecule has 0 aliphatic rings. The van der Waals surface area contributed by atoms with Crippen molar-refractivity contribution in [3.8, 4) is 11.3 Å². The summed E-state index contributed by atoms with van der Waals surface area (Å²) in [6.45, 7) is 0.339. The van der Waals surface area contributed by atoms with E-state index in [1.807, 2.05) is 60.7 Å². The predicted molar refractivity (Wildman–Crippen MR) is 109 cm³/mol. The normalized spacial score (nSPS) is 10.8. The third-order valence-corrected chi connectivity index (χ3v) is 4.61. The molecule has 0 unspecified atom stereocenters. The summed E-state index contributed by atoms with van der Waals surface area (Å²) in [5.74, 6) is -0.120. The van der Waals surface area contributed by atoms with E-state index >= 15 is 0 Å². The number of amides is 1. The van der Waals surface area contributed by atoms with Gasteiger partial charge in [0.05, 0.1) is 17.9 Å². The van der Waals surface area contributed by atoms with Crippen LogP contribution in [0.1, 0.15) is 16.1 Å². The first kappa shape index (κ1) is 16.7. The highest BCUT2D eigenvalue weighted by Gasteiger charge is 2.16. The van der Waals surface area contributed by atoms with Crippen LogP contribution in [0.15, 0.2) is 72.8 Å². The Labute approximate surface area is 164 Å². The molecule has 0 aliphatic carbocycles. The minimum Gasteiger partial charge on any atom is -0.346 e. The summed E-state index contributed by atoms with van der Waals surface area (Å²) in [6, 6.07) is 23.0. The smallest absolute Gasteiger partial charge is 0.251 e. The van der Waals surface area contributed by atoms with E-state index < -0.39 is 0 Å². The fraction of sp³-hybridized carbons (Fsp3) is 0.0500. The monoisotopic (exact) mass is 454 g/mol. The number of aromatic nitrogens is 3. The molecule has 6 heteroatoms. The zero-order valence-corrected chi connectivity index (χ0v) is 15.9. The standard InChI is InChI=1S/C20H15IN4O/c21-17-11-12-18-23-19(14-7-3-1-4-8-14)16(25(18)24-17)13-22-20(26)15-9-5-2-6-10-15/h1-12H,13H2,(H,22,26). The maximum Gasteiger partial charge on any atom is 0.251 e. The maximum absolute atomic E-state index is 12.4. The lowest BCUT2D eigenvalue weighted by molar-refractivity contribution is 0.0950. The zero-order valence-electron chi connectivity index (χ0n) is 13.8. The molecule has 1 amide bonds. The first-order chi connectivity index (χ1) is 12.7. The van der Waals surface area contributed by atoms with E-state index in [1.54, 1.807) is 16.6 Å². The number of hydrogen-bond acceptors (Lipinski definition) is 3. The van der Waals surface area contributed by atoms with Crippen LogP contribution in [0.2, 0.25) is 0 Å². The molecule has 2 heterocycles. The van der Waals surface area contributed by atoms with Crippen molar-refractivity contribution in [3.63, 3.8) is 0 Å². The summed E-state index contributed by atoms with van der Waals surface area (Å²) >= 11 is 2.17. The maximum atomic E-state index is 12.4. The second kappa shape index (κ2) is 7.25. The summed E-state index contributed by atoms with van der Waals surface area (Å²) in [7, 11) is 0. The second-order valence-electron chi connectivity index (χ2n) is 5.75. The van der Waals surface area contributed by atoms with Gasteiger partial charge >= 0.3 is 0 Å². The Hall–Kier alpha value is -2.74. The molecule has 4 rings (SSSR count). The van der Waals surface area contributed by atoms with Crippen LogP contribution in [0.5, 0.6) is 0 Å². The van der Waals surface area contributed by atoms with Gasteiger partial charge in [-0.25, -0.2) is 9.50 Å². The number of imidazole rings is 1. The average Bonchev–Trinajstić information content (AvgIpc) is 3.05. The minimum atomic E-state index is -0.120. The molecule has 1 N–H and O–H groups in total. The van der Waals surface area contributed by atoms with E-state index in [0.29, 0.717) is 12.1 Å². The van der Waals surface area contributed by atoms with Crippen molar-refractivity contribution >= 4 is 34.1 Å². The van der Waals surface area contributed by atoms with Crippen LogP contribution in [-0.2, 0) is 6.54 Å². The van der Waals surface area contributed by atoms with E-state index in [4.69, 9.17) is 4.98 Å². The molecule has 128 valence electrons. The van der Waals surface area contributed by atoms with Crippen molar-refractivity contribution in [1.29, 1.82) is 0 Å². The highest BCUT2D eigenvalue weighted by molar-refractivity contribution is 14.1. The van der Waals surface area contributed by atoms with Gasteiger partial charge in [0.2, 0.25) is 0 Å². The molecule has 5 nitrogen and oxygen atoms in total. The summed E-state index contributed by atoms with van der Waals surface area (Å²) in [5, 5.41) is 7.54. The number of carbonyl (C=O) groups excluding carboxylic acids is 1. The SMILES string of the molecule is O=C(NCc1c(-c2ccccc2)nc2ccc(I)nn12)c1ccccc1. The number of fused-ring (bicyclic) bond motifs is 1. The van der Waals surface area contributed by atoms with Crippen LogP contribution in [0.3, 0.4) is 0 Å². The number of benzene rings is 2. The third-order valence-electron chi connectivity index (χ3n) is 4.04. The van der Waals surface area contributed by atoms with Gasteiger partial charge in [0, 0.05) is 11.1 Å². The van der Waals surface area contributed by atoms with Crippen molar-refractivity contribution in [1.82, 2.24) is 19.9 Å². The average molecular weight is 454 g/mol. The van der Waals surface area contributed by atoms with E-state index in [1.165, 1.54) is 0 Å². The van der Waals surface area contributed by atoms with Crippen molar-refractivity contribution in [2.45, 2.75) is 6.54 Å². The molecule has 0 atom stereocenters. The lowest BCUT2D eigenvalue weighted by Crippen LogP contribution is -2.24. The van der Waals surface area contributed by atoms with Gasteiger partial charge in [-0.15, -0.1) is 0 Å². The van der Waals surface area contributed by atoms with Gasteiger partial charge in [0.1, 0.15) is 3.70 Å². The van der Waals surface area contributed by atoms with Gasteiger partial charge in [-0.1, -0.05) is 48.5 Å². The predicted octanol–water partition coefficient (Wildman–Crippen LogP) is 3.93. The van der Waals surface area contributed by atoms with Gasteiger partial charge < -0.3 is 5.32 Å². The Kier molecular flexibility index (Phi) is 4.66. The molecule has 0 saturated heterocycles. The Morgan fingerprint density at radius 2 is 1.65 bits per heavy atom. The number of hydrogen-bond donors (Lipinski definition) is 1. The molecular weight excluding hydrogens is 439 g/mol. The summed E-state index contributed by atoms with van der Waals surface area (Å²) < 4.78 is 2.66. The number of carbonyl (C=O) groups is 1. The molecular formula is C20H15IN4O. The van der Waals surface area contributed by atoms with Crippen molar-refractivity contribution in [2.75, 3.05) is 0 Å². The number of nitrogens with zero attached hydrogens (tertiary/aromatic N) is 3. The van der Waals surface area contributed by atoms with E-state index in [9.17, 15) is 4.79 Å². The van der Waals surface area contributed by atoms with E-state index in [0.717, 1.165) is 26.3 Å². The molecule has 0 aliphatic heterocycles. The fourth-order valence-electron chi connectivity index (χ4n) is 2.80. The van der Waals surface area contributed by atoms with Crippen LogP contribution in [-0.4, -0.2) is 20.5 Å². The van der Waals surface area contributed by atoms with Gasteiger partial charge in [-0.05, 0) is 46.9 Å². The Morgan fingerprint density at radius 3 is 2.38 bits per heavy atom. The first-order valence-electron chi connectivity index (χ1n) is 8.15. The highest BCUT2D eigenvalue weighted by Crippen LogP contribution is 2.24. The van der Waals surface area contributed by atoms with Crippen LogP contribution in [0.4, 0.5) is 0 Å². The topological polar surface area (TPSA) is 59.3 Å². The Balaban J connectivity index is 1.72. The van der Waals surface area contributed by atoms with Crippen LogP contribution >= 0.6 is 22.6 Å². The quantitative estimate of drug-likeness (QED) is 0.476. The van der Waals surface area contributed by atoms with E-state index in [-0.39, 0.29) is 5.91 Å². The molecule has 2 aromatic carbocycles. The summed E-state index contributed by atoms with van der Waals surface area (Å²) in [4.78, 5) is 17.1. The second-order valence-corrected chi connectivity index (χ2v) is 6.85. The van der Waals surface area contributed by atoms with Crippen LogP contribution < -0.4 is 5.32 Å². The van der Waals surface area contributed by atoms with Crippen molar-refractivity contribution in [2.24, 2.45) is 0 Å². The molecule has 4 aromatic rings. The lowest BCUT2D eigenvalue weighted by Gasteiger charge is -2.07. The van der Waals surface area contributed by atoms with E-state index in [2.05, 4.69) is 33.0 Å². The largest absolute Gasteiger partial charge is 0.346 e. The zero-order chi connectivity index (χ0) is 17.9. The minimum absolute atomic E-state index is 0.120. The van der Waals surface area contributed by atoms with Gasteiger partial charge in [-0.3, -0.25) is 4.79 Å². The summed E-state index contributed by atoms with van der Waals surface area (Å²) in [6.07, 6.45) is 0. The van der Waals surface area contributed by atoms with Crippen molar-refractivity contribution < 1.29 is 4.79 Å². The fourth-order valence-corrected chi connectivity index (χ4v) is 3.19. The first-order valence-corrected chi connectivity index (χ1v) is 9.23. The molecule has 0 bridgehead atoms. The highest BCUT2D eigenvalue weighted by atomic mass is 127. The summed E-state index contributed by atoms with van der Waals surface area (Å²) in [5.41, 5.74) is 4.07.